The van der Waals surface area contributed by atoms with Crippen LogP contribution >= 0.6 is 0 Å². The first kappa shape index (κ1) is 20.0. The third kappa shape index (κ3) is 4.32. The van der Waals surface area contributed by atoms with Gasteiger partial charge in [0.2, 0.25) is 5.91 Å². The molecule has 8 nitrogen and oxygen atoms in total. The average Bonchev–Trinajstić information content (AvgIpc) is 3.52. The smallest absolute Gasteiger partial charge is 0.254 e. The summed E-state index contributed by atoms with van der Waals surface area (Å²) in [5, 5.41) is 2.63. The van der Waals surface area contributed by atoms with Crippen molar-refractivity contribution in [3.63, 3.8) is 0 Å². The Hall–Kier alpha value is -3.29. The first-order valence-corrected chi connectivity index (χ1v) is 10.0. The van der Waals surface area contributed by atoms with Crippen LogP contribution in [0.15, 0.2) is 41.2 Å². The summed E-state index contributed by atoms with van der Waals surface area (Å²) in [5.41, 5.74) is 1.29. The fourth-order valence-electron chi connectivity index (χ4n) is 3.59. The Morgan fingerprint density at radius 1 is 1.13 bits per heavy atom. The molecule has 0 radical (unpaired) electrons. The monoisotopic (exact) mass is 411 g/mol. The quantitative estimate of drug-likeness (QED) is 0.746. The lowest BCUT2D eigenvalue weighted by atomic mass is 10.1. The van der Waals surface area contributed by atoms with Gasteiger partial charge >= 0.3 is 0 Å². The zero-order valence-electron chi connectivity index (χ0n) is 17.1. The van der Waals surface area contributed by atoms with Gasteiger partial charge in [0.25, 0.3) is 11.5 Å². The number of aryl methyl sites for hydroxylation is 1. The third-order valence-electron chi connectivity index (χ3n) is 5.38. The van der Waals surface area contributed by atoms with Crippen LogP contribution in [0.3, 0.4) is 0 Å². The summed E-state index contributed by atoms with van der Waals surface area (Å²) in [7, 11) is 1.53. The van der Waals surface area contributed by atoms with Crippen LogP contribution in [0.2, 0.25) is 0 Å². The first-order valence-electron chi connectivity index (χ1n) is 10.0. The molecule has 1 aliphatic carbocycles. The van der Waals surface area contributed by atoms with E-state index < -0.39 is 0 Å². The summed E-state index contributed by atoms with van der Waals surface area (Å²) in [6.07, 6.45) is 1.95. The van der Waals surface area contributed by atoms with E-state index in [-0.39, 0.29) is 30.0 Å². The largest absolute Gasteiger partial charge is 0.497 e. The molecule has 2 heterocycles. The molecule has 0 unspecified atom stereocenters. The number of pyridine rings is 1. The van der Waals surface area contributed by atoms with Crippen molar-refractivity contribution >= 4 is 11.8 Å². The second-order valence-electron chi connectivity index (χ2n) is 7.73. The van der Waals surface area contributed by atoms with Crippen molar-refractivity contribution < 1.29 is 19.1 Å². The maximum Gasteiger partial charge on any atom is 0.254 e. The first-order chi connectivity index (χ1) is 14.4. The Morgan fingerprint density at radius 3 is 2.57 bits per heavy atom. The maximum absolute atomic E-state index is 12.3. The number of nitrogens with zero attached hydrogens (tertiary/aromatic N) is 2. The number of ether oxygens (including phenoxy) is 2. The van der Waals surface area contributed by atoms with Crippen molar-refractivity contribution in [3.8, 4) is 11.5 Å². The Bertz CT molecular complexity index is 1020. The van der Waals surface area contributed by atoms with Crippen LogP contribution in [0.5, 0.6) is 11.5 Å². The topological polar surface area (TPSA) is 89.9 Å². The molecule has 0 atom stereocenters. The van der Waals surface area contributed by atoms with Gasteiger partial charge in [0.15, 0.2) is 0 Å². The fourth-order valence-corrected chi connectivity index (χ4v) is 3.59. The molecule has 2 aromatic rings. The molecule has 1 saturated heterocycles. The predicted octanol–water partition coefficient (Wildman–Crippen LogP) is 1.52. The van der Waals surface area contributed by atoms with E-state index in [1.165, 1.54) is 13.2 Å². The molecule has 2 amide bonds. The molecule has 158 valence electrons. The minimum Gasteiger partial charge on any atom is -0.497 e. The van der Waals surface area contributed by atoms with Crippen LogP contribution in [0.4, 0.5) is 0 Å². The fraction of sp³-hybridized carbons (Fsp3) is 0.409. The molecule has 1 N–H and O–H groups in total. The highest BCUT2D eigenvalue weighted by atomic mass is 16.5. The van der Waals surface area contributed by atoms with Crippen LogP contribution in [0, 0.1) is 6.92 Å². The summed E-state index contributed by atoms with van der Waals surface area (Å²) in [6.45, 7) is 2.69. The van der Waals surface area contributed by atoms with E-state index in [9.17, 15) is 14.4 Å². The van der Waals surface area contributed by atoms with E-state index in [2.05, 4.69) is 5.32 Å². The van der Waals surface area contributed by atoms with Gasteiger partial charge in [-0.1, -0.05) is 6.07 Å². The van der Waals surface area contributed by atoms with Crippen LogP contribution < -0.4 is 20.3 Å². The minimum atomic E-state index is -0.331. The molecule has 8 heteroatoms. The molecule has 2 fully saturated rings. The summed E-state index contributed by atoms with van der Waals surface area (Å²) in [6, 6.07) is 10.5. The number of likely N-dealkylation sites (tertiary alicyclic amines) is 1. The van der Waals surface area contributed by atoms with Crippen molar-refractivity contribution in [1.29, 1.82) is 0 Å². The van der Waals surface area contributed by atoms with Gasteiger partial charge in [0, 0.05) is 23.4 Å². The van der Waals surface area contributed by atoms with E-state index in [1.807, 2.05) is 17.6 Å². The Kier molecular flexibility index (Phi) is 5.48. The zero-order chi connectivity index (χ0) is 21.3. The van der Waals surface area contributed by atoms with Gasteiger partial charge in [-0.05, 0) is 44.0 Å². The maximum atomic E-state index is 12.3. The van der Waals surface area contributed by atoms with Crippen molar-refractivity contribution in [1.82, 2.24) is 14.8 Å². The molecule has 0 bridgehead atoms. The summed E-state index contributed by atoms with van der Waals surface area (Å²) >= 11 is 0. The number of carbonyl (C=O) groups is 2. The second-order valence-corrected chi connectivity index (χ2v) is 7.73. The van der Waals surface area contributed by atoms with E-state index in [0.29, 0.717) is 36.2 Å². The van der Waals surface area contributed by atoms with Gasteiger partial charge < -0.3 is 24.3 Å². The molecule has 1 aromatic heterocycles. The number of hydrogen-bond donors (Lipinski definition) is 1. The number of methoxy groups -OCH3 is 1. The summed E-state index contributed by atoms with van der Waals surface area (Å²) in [5.74, 6) is 0.614. The lowest BCUT2D eigenvalue weighted by molar-refractivity contribution is -0.138. The van der Waals surface area contributed by atoms with Gasteiger partial charge in [-0.3, -0.25) is 14.4 Å². The Balaban J connectivity index is 1.24. The molecule has 1 aromatic carbocycles. The summed E-state index contributed by atoms with van der Waals surface area (Å²) < 4.78 is 12.8. The van der Waals surface area contributed by atoms with Crippen LogP contribution in [0.1, 0.15) is 34.9 Å². The van der Waals surface area contributed by atoms with E-state index in [0.717, 1.165) is 18.5 Å². The molecule has 1 aliphatic heterocycles. The molecular formula is C22H25N3O5. The lowest BCUT2D eigenvalue weighted by Gasteiger charge is -2.39. The normalized spacial score (nSPS) is 16.0. The second kappa shape index (κ2) is 8.22. The molecule has 2 aliphatic rings. The zero-order valence-corrected chi connectivity index (χ0v) is 17.1. The average molecular weight is 411 g/mol. The number of nitrogens with one attached hydrogen (secondary N) is 1. The number of carbonyl (C=O) groups excluding carboxylic acids is 2. The van der Waals surface area contributed by atoms with Crippen molar-refractivity contribution in [3.05, 3.63) is 58.0 Å². The number of aromatic nitrogens is 1. The number of hydrogen-bond acceptors (Lipinski definition) is 5. The van der Waals surface area contributed by atoms with Gasteiger partial charge in [0.1, 0.15) is 17.6 Å². The third-order valence-corrected chi connectivity index (χ3v) is 5.38. The van der Waals surface area contributed by atoms with Crippen LogP contribution in [-0.2, 0) is 4.79 Å². The highest BCUT2D eigenvalue weighted by Crippen LogP contribution is 2.35. The highest BCUT2D eigenvalue weighted by Gasteiger charge is 2.33. The van der Waals surface area contributed by atoms with Gasteiger partial charge in [-0.2, -0.15) is 0 Å². The predicted molar refractivity (Wildman–Crippen MR) is 110 cm³/mol. The van der Waals surface area contributed by atoms with Crippen LogP contribution in [-0.4, -0.2) is 54.1 Å². The highest BCUT2D eigenvalue weighted by molar-refractivity contribution is 5.96. The van der Waals surface area contributed by atoms with Crippen LogP contribution in [0.25, 0.3) is 0 Å². The number of benzene rings is 1. The van der Waals surface area contributed by atoms with E-state index in [4.69, 9.17) is 9.47 Å². The molecule has 1 saturated carbocycles. The number of rotatable bonds is 7. The molecule has 30 heavy (non-hydrogen) atoms. The van der Waals surface area contributed by atoms with E-state index in [1.54, 1.807) is 29.2 Å². The van der Waals surface area contributed by atoms with E-state index >= 15 is 0 Å². The minimum absolute atomic E-state index is 0.0417. The Labute approximate surface area is 174 Å². The lowest BCUT2D eigenvalue weighted by Crippen LogP contribution is -2.58. The van der Waals surface area contributed by atoms with Crippen molar-refractivity contribution in [2.45, 2.75) is 31.9 Å². The standard InChI is InChI=1S/C22H25N3O5/c1-14-8-18(10-20(26)25(14)16-6-7-16)30-19-12-24(13-19)21(27)11-23-22(28)15-4-3-5-17(9-15)29-2/h3-5,8-10,16,19H,6-7,11-13H2,1-2H3,(H,23,28). The molecule has 0 spiro atoms. The molecular weight excluding hydrogens is 386 g/mol. The van der Waals surface area contributed by atoms with Crippen molar-refractivity contribution in [2.24, 2.45) is 0 Å². The van der Waals surface area contributed by atoms with Gasteiger partial charge in [-0.25, -0.2) is 0 Å². The SMILES string of the molecule is COc1cccc(C(=O)NCC(=O)N2CC(Oc3cc(C)n(C4CC4)c(=O)c3)C2)c1. The van der Waals surface area contributed by atoms with Gasteiger partial charge in [0.05, 0.1) is 26.7 Å². The van der Waals surface area contributed by atoms with Gasteiger partial charge in [-0.15, -0.1) is 0 Å². The number of amides is 2. The summed E-state index contributed by atoms with van der Waals surface area (Å²) in [4.78, 5) is 38.4. The van der Waals surface area contributed by atoms with Crippen molar-refractivity contribution in [2.75, 3.05) is 26.7 Å². The molecule has 4 rings (SSSR count). The Morgan fingerprint density at radius 2 is 1.90 bits per heavy atom.